The van der Waals surface area contributed by atoms with Gasteiger partial charge in [-0.05, 0) is 28.4 Å². The molecule has 0 bridgehead atoms. The van der Waals surface area contributed by atoms with Crippen molar-refractivity contribution in [3.63, 3.8) is 0 Å². The monoisotopic (exact) mass is 786 g/mol. The standard InChI is InChI=1S/C21H25.C18H11F3.C5H5.2ClH.Zr/c1-20(2,3)16-7-9-18-14(12-16)11-15-13-17(21(4,5)6)8-10-19(15)18;19-18(20,21)16-9-3-5-13(12-16)11-15-8-4-7-14-6-1-2-10-17(14)15;1-2-4-5-3-1;;;/h7-10,12H,11H2,1-6H3;1-10,12H;1-3H,4H2;2*1H;/q-1;;-1;;;+2/p-2. The maximum Gasteiger partial charge on any atom is -0.109 e. The molecule has 0 amide bonds. The van der Waals surface area contributed by atoms with Crippen molar-refractivity contribution < 1.29 is 62.2 Å². The average molecular weight is 789 g/mol. The van der Waals surface area contributed by atoms with E-state index in [4.69, 9.17) is 0 Å². The second-order valence-corrected chi connectivity index (χ2v) is 15.5. The Balaban J connectivity index is 0.000000229. The Labute approximate surface area is 323 Å². The Morgan fingerprint density at radius 1 is 0.700 bits per heavy atom. The summed E-state index contributed by atoms with van der Waals surface area (Å²) < 4.78 is 39.6. The molecular weight excluding hydrogens is 748 g/mol. The molecule has 0 atom stereocenters. The van der Waals surface area contributed by atoms with Gasteiger partial charge in [-0.1, -0.05) is 65.3 Å². The summed E-state index contributed by atoms with van der Waals surface area (Å²) in [5.74, 6) is 0. The summed E-state index contributed by atoms with van der Waals surface area (Å²) in [6, 6.07) is 34.5. The average Bonchev–Trinajstić information content (AvgIpc) is 3.75. The summed E-state index contributed by atoms with van der Waals surface area (Å²) in [5.41, 5.74) is 9.72. The predicted molar refractivity (Wildman–Crippen MR) is 191 cm³/mol. The zero-order valence-corrected chi connectivity index (χ0v) is 33.2. The molecule has 0 aliphatic heterocycles. The van der Waals surface area contributed by atoms with E-state index < -0.39 is 11.7 Å². The van der Waals surface area contributed by atoms with Gasteiger partial charge in [0.05, 0.1) is 0 Å². The van der Waals surface area contributed by atoms with Crippen LogP contribution < -0.4 is 24.8 Å². The summed E-state index contributed by atoms with van der Waals surface area (Å²) in [6.07, 6.45) is 6.71. The predicted octanol–water partition coefficient (Wildman–Crippen LogP) is 5.94. The molecule has 0 heterocycles. The first-order valence-corrected chi connectivity index (χ1v) is 17.5. The molecule has 0 fully saturated rings. The Kier molecular flexibility index (Phi) is 14.1. The van der Waals surface area contributed by atoms with Crippen LogP contribution in [0.25, 0.3) is 21.9 Å². The fourth-order valence-electron chi connectivity index (χ4n) is 5.82. The van der Waals surface area contributed by atoms with Crippen molar-refractivity contribution in [3.8, 4) is 11.1 Å². The van der Waals surface area contributed by atoms with Gasteiger partial charge in [0.1, 0.15) is 0 Å². The van der Waals surface area contributed by atoms with Crippen LogP contribution in [-0.4, -0.2) is 3.21 Å². The number of alkyl halides is 3. The van der Waals surface area contributed by atoms with Crippen molar-refractivity contribution in [2.24, 2.45) is 0 Å². The zero-order valence-electron chi connectivity index (χ0n) is 29.3. The van der Waals surface area contributed by atoms with Crippen LogP contribution in [0.5, 0.6) is 0 Å². The van der Waals surface area contributed by atoms with Crippen LogP contribution in [-0.2, 0) is 47.7 Å². The molecule has 0 aromatic heterocycles. The SMILES string of the molecule is CC(C)(C)c1[c-]c2c(cc1)-c1ccc(C(C)(C)C)cc1C2.FC(F)(F)c1cccc([C](=[Zr+2])c2cccc3ccccc23)c1.[C-]1=CC=CC1.[Cl-].[Cl-]. The minimum Gasteiger partial charge on any atom is -1.00 e. The summed E-state index contributed by atoms with van der Waals surface area (Å²) in [5, 5.41) is 2.15. The van der Waals surface area contributed by atoms with Gasteiger partial charge in [0.15, 0.2) is 0 Å². The molecule has 2 aliphatic carbocycles. The Hall–Kier alpha value is -3.04. The van der Waals surface area contributed by atoms with Crippen molar-refractivity contribution in [2.45, 2.75) is 71.4 Å². The second kappa shape index (κ2) is 17.0. The van der Waals surface area contributed by atoms with Crippen molar-refractivity contribution in [1.82, 2.24) is 0 Å². The smallest absolute Gasteiger partial charge is 0.109 e. The van der Waals surface area contributed by atoms with Crippen LogP contribution in [0.4, 0.5) is 13.2 Å². The summed E-state index contributed by atoms with van der Waals surface area (Å²) >= 11 is 1.09. The summed E-state index contributed by atoms with van der Waals surface area (Å²) in [4.78, 5) is 0. The molecule has 7 rings (SSSR count). The van der Waals surface area contributed by atoms with Crippen molar-refractivity contribution in [2.75, 3.05) is 0 Å². The maximum atomic E-state index is 12.9. The van der Waals surface area contributed by atoms with E-state index in [1.54, 1.807) is 6.07 Å². The van der Waals surface area contributed by atoms with Gasteiger partial charge in [-0.3, -0.25) is 6.08 Å². The molecule has 0 saturated carbocycles. The van der Waals surface area contributed by atoms with Crippen LogP contribution in [0.1, 0.15) is 86.9 Å². The number of hydrogen-bond donors (Lipinski definition) is 0. The van der Waals surface area contributed by atoms with Crippen LogP contribution >= 0.6 is 0 Å². The summed E-state index contributed by atoms with van der Waals surface area (Å²) in [6.45, 7) is 13.6. The molecule has 0 saturated heterocycles. The normalized spacial score (nSPS) is 12.8. The van der Waals surface area contributed by atoms with Gasteiger partial charge in [-0.15, -0.1) is 17.5 Å². The van der Waals surface area contributed by atoms with Crippen molar-refractivity contribution >= 4 is 14.0 Å². The molecule has 50 heavy (non-hydrogen) atoms. The van der Waals surface area contributed by atoms with Gasteiger partial charge in [-0.2, -0.15) is 29.8 Å². The molecule has 0 spiro atoms. The molecule has 0 radical (unpaired) electrons. The van der Waals surface area contributed by atoms with Crippen LogP contribution in [0.3, 0.4) is 0 Å². The molecule has 5 aromatic carbocycles. The number of rotatable bonds is 2. The zero-order chi connectivity index (χ0) is 34.7. The third-order valence-corrected chi connectivity index (χ3v) is 9.96. The maximum absolute atomic E-state index is 12.9. The Morgan fingerprint density at radius 2 is 1.38 bits per heavy atom. The van der Waals surface area contributed by atoms with E-state index in [1.807, 2.05) is 54.6 Å². The summed E-state index contributed by atoms with van der Waals surface area (Å²) in [7, 11) is 0. The first kappa shape index (κ1) is 41.4. The molecule has 2 aliphatic rings. The van der Waals surface area contributed by atoms with Crippen LogP contribution in [0.15, 0.2) is 115 Å². The number of hydrogen-bond acceptors (Lipinski definition) is 0. The van der Waals surface area contributed by atoms with E-state index in [2.05, 4.69) is 90.1 Å². The van der Waals surface area contributed by atoms with E-state index in [9.17, 15) is 13.2 Å². The van der Waals surface area contributed by atoms with Gasteiger partial charge < -0.3 is 24.8 Å². The first-order chi connectivity index (χ1) is 22.6. The van der Waals surface area contributed by atoms with E-state index in [0.717, 1.165) is 62.7 Å². The third kappa shape index (κ3) is 10.1. The van der Waals surface area contributed by atoms with Crippen molar-refractivity contribution in [3.05, 3.63) is 166 Å². The fourth-order valence-corrected chi connectivity index (χ4v) is 6.74. The van der Waals surface area contributed by atoms with E-state index in [0.29, 0.717) is 5.56 Å². The third-order valence-electron chi connectivity index (χ3n) is 8.59. The van der Waals surface area contributed by atoms with E-state index in [1.165, 1.54) is 45.5 Å². The molecule has 258 valence electrons. The van der Waals surface area contributed by atoms with Gasteiger partial charge in [0, 0.05) is 0 Å². The molecular formula is C44H41Cl2F3Zr-2. The second-order valence-electron chi connectivity index (χ2n) is 14.3. The minimum absolute atomic E-state index is 0. The number of fused-ring (bicyclic) bond motifs is 4. The Morgan fingerprint density at radius 3 is 2.00 bits per heavy atom. The van der Waals surface area contributed by atoms with Gasteiger partial charge >= 0.3 is 141 Å². The van der Waals surface area contributed by atoms with Crippen LogP contribution in [0, 0.1) is 12.1 Å². The molecule has 0 unspecified atom stereocenters. The van der Waals surface area contributed by atoms with E-state index >= 15 is 0 Å². The number of allylic oxidation sites excluding steroid dienone is 4. The van der Waals surface area contributed by atoms with Gasteiger partial charge in [0.25, 0.3) is 0 Å². The minimum atomic E-state index is -4.31. The quantitative estimate of drug-likeness (QED) is 0.191. The number of benzene rings is 5. The molecule has 0 N–H and O–H groups in total. The number of halogens is 5. The first-order valence-electron chi connectivity index (χ1n) is 16.3. The molecule has 5 aromatic rings. The van der Waals surface area contributed by atoms with E-state index in [-0.39, 0.29) is 35.6 Å². The topological polar surface area (TPSA) is 0 Å². The fraction of sp³-hybridized carbons (Fsp3) is 0.250. The van der Waals surface area contributed by atoms with Gasteiger partial charge in [0.2, 0.25) is 0 Å². The van der Waals surface area contributed by atoms with Gasteiger partial charge in [-0.25, -0.2) is 12.2 Å². The Bertz CT molecular complexity index is 1930. The van der Waals surface area contributed by atoms with Crippen molar-refractivity contribution in [1.29, 1.82) is 0 Å². The van der Waals surface area contributed by atoms with Crippen LogP contribution in [0.2, 0.25) is 0 Å². The molecule has 0 nitrogen and oxygen atoms in total. The largest absolute Gasteiger partial charge is 1.00 e. The molecule has 6 heteroatoms.